The molecule has 0 spiro atoms. The van der Waals surface area contributed by atoms with Gasteiger partial charge in [0.05, 0.1) is 17.3 Å². The molecule has 8 nitrogen and oxygen atoms in total. The molecule has 0 radical (unpaired) electrons. The topological polar surface area (TPSA) is 92.3 Å². The Balaban J connectivity index is 1.61. The van der Waals surface area contributed by atoms with E-state index < -0.39 is 5.56 Å². The lowest BCUT2D eigenvalue weighted by molar-refractivity contribution is 0.404. The Kier molecular flexibility index (Phi) is 4.89. The highest BCUT2D eigenvalue weighted by Gasteiger charge is 2.17. The Labute approximate surface area is 188 Å². The van der Waals surface area contributed by atoms with Crippen LogP contribution < -0.4 is 15.0 Å². The number of thiazole rings is 1. The number of hydrogen-bond acceptors (Lipinski definition) is 9. The normalized spacial score (nSPS) is 11.2. The van der Waals surface area contributed by atoms with E-state index in [0.29, 0.717) is 27.9 Å². The van der Waals surface area contributed by atoms with Gasteiger partial charge in [0, 0.05) is 24.5 Å². The number of fused-ring (bicyclic) bond motifs is 2. The van der Waals surface area contributed by atoms with Gasteiger partial charge in [-0.1, -0.05) is 22.9 Å². The fourth-order valence-electron chi connectivity index (χ4n) is 2.96. The Morgan fingerprint density at radius 1 is 1.16 bits per heavy atom. The third kappa shape index (κ3) is 3.44. The first-order chi connectivity index (χ1) is 15.0. The van der Waals surface area contributed by atoms with Crippen LogP contribution in [0, 0.1) is 4.84 Å². The molecule has 0 aliphatic carbocycles. The van der Waals surface area contributed by atoms with E-state index in [1.807, 2.05) is 0 Å². The number of methoxy groups -OCH3 is 1. The maximum atomic E-state index is 13.1. The Bertz CT molecular complexity index is 1580. The molecule has 1 aromatic carbocycles. The molecule has 0 bridgehead atoms. The molecule has 0 N–H and O–H groups in total. The second kappa shape index (κ2) is 7.73. The van der Waals surface area contributed by atoms with Crippen LogP contribution in [0.1, 0.15) is 0 Å². The van der Waals surface area contributed by atoms with Gasteiger partial charge in [-0.25, -0.2) is 19.5 Å². The van der Waals surface area contributed by atoms with Gasteiger partial charge in [0.15, 0.2) is 22.2 Å². The minimum absolute atomic E-state index is 0.0542. The molecule has 0 aliphatic rings. The number of hydrogen-bond donors (Lipinski definition) is 0. The van der Waals surface area contributed by atoms with Crippen molar-refractivity contribution in [3.05, 3.63) is 69.1 Å². The summed E-state index contributed by atoms with van der Waals surface area (Å²) in [4.78, 5) is 25.7. The number of pyridine rings is 2. The standard InChI is InChI=1S/C20H11ClN4O4S2/c1-27-12-6-8-22-15-16(12)29-20(30)25(18(15)26)19-24-11-5-4-10(9-14(11)31-19)28-13-3-2-7-23-17(13)21/h2-9H,1H3. The van der Waals surface area contributed by atoms with Gasteiger partial charge in [0.25, 0.3) is 10.4 Å². The average molecular weight is 471 g/mol. The molecule has 5 rings (SSSR count). The molecule has 0 unspecified atom stereocenters. The van der Waals surface area contributed by atoms with Crippen LogP contribution in [-0.4, -0.2) is 26.6 Å². The van der Waals surface area contributed by atoms with Gasteiger partial charge >= 0.3 is 0 Å². The van der Waals surface area contributed by atoms with Gasteiger partial charge in [-0.3, -0.25) is 4.79 Å². The van der Waals surface area contributed by atoms with Crippen molar-refractivity contribution >= 4 is 56.5 Å². The van der Waals surface area contributed by atoms with Crippen molar-refractivity contribution in [3.63, 3.8) is 0 Å². The molecule has 11 heteroatoms. The molecule has 4 aromatic heterocycles. The van der Waals surface area contributed by atoms with Crippen LogP contribution in [0.15, 0.2) is 58.0 Å². The van der Waals surface area contributed by atoms with Crippen LogP contribution >= 0.6 is 35.2 Å². The number of nitrogens with zero attached hydrogens (tertiary/aromatic N) is 4. The number of rotatable bonds is 4. The SMILES string of the molecule is COc1ccnc2c(=O)n(-c3nc4ccc(Oc5cccnc5Cl)cc4s3)c(=S)oc12. The zero-order valence-corrected chi connectivity index (χ0v) is 18.1. The second-order valence-electron chi connectivity index (χ2n) is 6.22. The average Bonchev–Trinajstić information content (AvgIpc) is 3.18. The lowest BCUT2D eigenvalue weighted by Gasteiger charge is -2.06. The molecule has 31 heavy (non-hydrogen) atoms. The van der Waals surface area contributed by atoms with Gasteiger partial charge in [-0.05, 0) is 36.5 Å². The molecule has 0 aliphatic heterocycles. The van der Waals surface area contributed by atoms with Crippen LogP contribution in [0.25, 0.3) is 26.4 Å². The molecule has 0 saturated heterocycles. The Morgan fingerprint density at radius 3 is 2.84 bits per heavy atom. The van der Waals surface area contributed by atoms with E-state index in [-0.39, 0.29) is 21.1 Å². The number of aromatic nitrogens is 4. The summed E-state index contributed by atoms with van der Waals surface area (Å²) in [5.74, 6) is 1.37. The molecule has 0 saturated carbocycles. The molecule has 154 valence electrons. The van der Waals surface area contributed by atoms with Crippen LogP contribution in [0.2, 0.25) is 5.15 Å². The molecular formula is C20H11ClN4O4S2. The zero-order chi connectivity index (χ0) is 21.5. The molecule has 0 atom stereocenters. The largest absolute Gasteiger partial charge is 0.493 e. The first-order valence-electron chi connectivity index (χ1n) is 8.83. The summed E-state index contributed by atoms with van der Waals surface area (Å²) >= 11 is 12.6. The third-order valence-corrected chi connectivity index (χ3v) is 5.91. The van der Waals surface area contributed by atoms with E-state index in [9.17, 15) is 4.79 Å². The highest BCUT2D eigenvalue weighted by molar-refractivity contribution is 7.71. The van der Waals surface area contributed by atoms with E-state index in [2.05, 4.69) is 15.0 Å². The summed E-state index contributed by atoms with van der Waals surface area (Å²) < 4.78 is 18.7. The summed E-state index contributed by atoms with van der Waals surface area (Å²) in [6, 6.07) is 10.4. The summed E-state index contributed by atoms with van der Waals surface area (Å²) in [5.41, 5.74) is 0.524. The molecule has 4 heterocycles. The van der Waals surface area contributed by atoms with Crippen LogP contribution in [0.4, 0.5) is 0 Å². The minimum atomic E-state index is -0.442. The fraction of sp³-hybridized carbons (Fsp3) is 0.0500. The van der Waals surface area contributed by atoms with Gasteiger partial charge in [0.2, 0.25) is 10.7 Å². The summed E-state index contributed by atoms with van der Waals surface area (Å²) in [6.45, 7) is 0. The van der Waals surface area contributed by atoms with E-state index in [0.717, 1.165) is 4.70 Å². The fourth-order valence-corrected chi connectivity index (χ4v) is 4.41. The van der Waals surface area contributed by atoms with Crippen LogP contribution in [0.5, 0.6) is 17.2 Å². The van der Waals surface area contributed by atoms with E-state index >= 15 is 0 Å². The Morgan fingerprint density at radius 2 is 2.03 bits per heavy atom. The molecule has 0 fully saturated rings. The lowest BCUT2D eigenvalue weighted by Crippen LogP contribution is -2.20. The first kappa shape index (κ1) is 19.6. The highest BCUT2D eigenvalue weighted by Crippen LogP contribution is 2.32. The van der Waals surface area contributed by atoms with E-state index in [1.54, 1.807) is 42.6 Å². The van der Waals surface area contributed by atoms with Gasteiger partial charge < -0.3 is 13.9 Å². The van der Waals surface area contributed by atoms with E-state index in [1.165, 1.54) is 29.2 Å². The van der Waals surface area contributed by atoms with Crippen molar-refractivity contribution < 1.29 is 13.9 Å². The van der Waals surface area contributed by atoms with Crippen molar-refractivity contribution in [2.75, 3.05) is 7.11 Å². The summed E-state index contributed by atoms with van der Waals surface area (Å²) in [6.07, 6.45) is 3.05. The minimum Gasteiger partial charge on any atom is -0.493 e. The monoisotopic (exact) mass is 470 g/mol. The van der Waals surface area contributed by atoms with Crippen molar-refractivity contribution in [3.8, 4) is 22.4 Å². The number of ether oxygens (including phenoxy) is 2. The van der Waals surface area contributed by atoms with Crippen LogP contribution in [0.3, 0.4) is 0 Å². The Hall–Kier alpha value is -3.34. The van der Waals surface area contributed by atoms with Gasteiger partial charge in [-0.2, -0.15) is 0 Å². The van der Waals surface area contributed by atoms with Gasteiger partial charge in [-0.15, -0.1) is 0 Å². The quantitative estimate of drug-likeness (QED) is 0.262. The predicted octanol–water partition coefficient (Wildman–Crippen LogP) is 5.17. The third-order valence-electron chi connectivity index (χ3n) is 4.36. The molecule has 0 amide bonds. The number of benzene rings is 1. The van der Waals surface area contributed by atoms with Crippen molar-refractivity contribution in [1.29, 1.82) is 0 Å². The second-order valence-corrected chi connectivity index (χ2v) is 7.94. The number of halogens is 1. The molecular weight excluding hydrogens is 460 g/mol. The summed E-state index contributed by atoms with van der Waals surface area (Å²) in [7, 11) is 1.48. The van der Waals surface area contributed by atoms with Gasteiger partial charge in [0.1, 0.15) is 5.75 Å². The predicted molar refractivity (Wildman–Crippen MR) is 119 cm³/mol. The van der Waals surface area contributed by atoms with E-state index in [4.69, 9.17) is 37.7 Å². The lowest BCUT2D eigenvalue weighted by atomic mass is 10.3. The van der Waals surface area contributed by atoms with Crippen LogP contribution in [-0.2, 0) is 0 Å². The highest BCUT2D eigenvalue weighted by atomic mass is 35.5. The smallest absolute Gasteiger partial charge is 0.290 e. The zero-order valence-electron chi connectivity index (χ0n) is 15.7. The van der Waals surface area contributed by atoms with Crippen molar-refractivity contribution in [2.24, 2.45) is 0 Å². The maximum absolute atomic E-state index is 13.1. The van der Waals surface area contributed by atoms with Crippen molar-refractivity contribution in [1.82, 2.24) is 19.5 Å². The maximum Gasteiger partial charge on any atom is 0.290 e. The van der Waals surface area contributed by atoms with Crippen molar-refractivity contribution in [2.45, 2.75) is 0 Å². The first-order valence-corrected chi connectivity index (χ1v) is 10.4. The molecule has 5 aromatic rings. The summed E-state index contributed by atoms with van der Waals surface area (Å²) in [5, 5.41) is 0.618.